The second-order valence-electron chi connectivity index (χ2n) is 5.04. The Kier molecular flexibility index (Phi) is 4.41. The standard InChI is InChI=1S/C18H18FN3/c1-11-4-3-5-15(12(2)20)18(11)17(22)10-16(21)13-6-8-14(19)9-7-13/h3-10,21H,2,20,22H2,1H3. The van der Waals surface area contributed by atoms with Gasteiger partial charge in [0.1, 0.15) is 5.82 Å². The third-order valence-corrected chi connectivity index (χ3v) is 3.36. The fourth-order valence-electron chi connectivity index (χ4n) is 2.26. The minimum absolute atomic E-state index is 0.203. The number of hydrogen-bond donors (Lipinski definition) is 3. The molecule has 0 radical (unpaired) electrons. The molecule has 0 fully saturated rings. The molecule has 0 aliphatic carbocycles. The van der Waals surface area contributed by atoms with Gasteiger partial charge in [0.15, 0.2) is 0 Å². The SMILES string of the molecule is C=C(N)c1cccc(C)c1C(N)=CC(=N)c1ccc(F)cc1. The number of benzene rings is 2. The van der Waals surface area contributed by atoms with E-state index in [1.807, 2.05) is 25.1 Å². The normalized spacial score (nSPS) is 11.3. The van der Waals surface area contributed by atoms with Crippen molar-refractivity contribution in [3.05, 3.63) is 83.2 Å². The topological polar surface area (TPSA) is 75.9 Å². The molecule has 0 amide bonds. The van der Waals surface area contributed by atoms with Crippen LogP contribution in [0.3, 0.4) is 0 Å². The van der Waals surface area contributed by atoms with E-state index in [0.717, 1.165) is 16.7 Å². The summed E-state index contributed by atoms with van der Waals surface area (Å²) in [4.78, 5) is 0. The maximum absolute atomic E-state index is 12.9. The molecule has 112 valence electrons. The molecule has 0 atom stereocenters. The van der Waals surface area contributed by atoms with Crippen LogP contribution in [0.5, 0.6) is 0 Å². The predicted molar refractivity (Wildman–Crippen MR) is 89.8 cm³/mol. The number of halogens is 1. The average Bonchev–Trinajstić information content (AvgIpc) is 2.47. The van der Waals surface area contributed by atoms with Crippen LogP contribution in [-0.4, -0.2) is 5.71 Å². The summed E-state index contributed by atoms with van der Waals surface area (Å²) in [6.07, 6.45) is 1.54. The molecule has 0 aliphatic rings. The van der Waals surface area contributed by atoms with Crippen LogP contribution in [0.25, 0.3) is 11.4 Å². The summed E-state index contributed by atoms with van der Waals surface area (Å²) >= 11 is 0. The molecule has 0 heterocycles. The largest absolute Gasteiger partial charge is 0.399 e. The smallest absolute Gasteiger partial charge is 0.123 e. The number of allylic oxidation sites excluding steroid dienone is 1. The van der Waals surface area contributed by atoms with E-state index < -0.39 is 0 Å². The van der Waals surface area contributed by atoms with Gasteiger partial charge in [-0.05, 0) is 48.4 Å². The Bertz CT molecular complexity index is 758. The Morgan fingerprint density at radius 2 is 1.77 bits per heavy atom. The van der Waals surface area contributed by atoms with Crippen molar-refractivity contribution in [2.75, 3.05) is 0 Å². The Labute approximate surface area is 129 Å². The van der Waals surface area contributed by atoms with E-state index in [1.165, 1.54) is 12.1 Å². The highest BCUT2D eigenvalue weighted by atomic mass is 19.1. The molecule has 0 saturated carbocycles. The van der Waals surface area contributed by atoms with E-state index in [2.05, 4.69) is 6.58 Å². The van der Waals surface area contributed by atoms with E-state index in [0.29, 0.717) is 17.0 Å². The van der Waals surface area contributed by atoms with Gasteiger partial charge in [-0.15, -0.1) is 0 Å². The fourth-order valence-corrected chi connectivity index (χ4v) is 2.26. The quantitative estimate of drug-likeness (QED) is 0.756. The molecule has 0 aliphatic heterocycles. The van der Waals surface area contributed by atoms with Crippen LogP contribution in [0, 0.1) is 18.2 Å². The summed E-state index contributed by atoms with van der Waals surface area (Å²) in [6.45, 7) is 5.68. The summed E-state index contributed by atoms with van der Waals surface area (Å²) in [6, 6.07) is 11.4. The molecule has 0 unspecified atom stereocenters. The van der Waals surface area contributed by atoms with Crippen molar-refractivity contribution < 1.29 is 4.39 Å². The van der Waals surface area contributed by atoms with Crippen molar-refractivity contribution in [1.29, 1.82) is 5.41 Å². The van der Waals surface area contributed by atoms with Gasteiger partial charge in [-0.25, -0.2) is 4.39 Å². The monoisotopic (exact) mass is 295 g/mol. The first-order chi connectivity index (χ1) is 10.4. The zero-order valence-corrected chi connectivity index (χ0v) is 12.4. The van der Waals surface area contributed by atoms with Crippen molar-refractivity contribution in [2.45, 2.75) is 6.92 Å². The molecule has 5 N–H and O–H groups in total. The second-order valence-corrected chi connectivity index (χ2v) is 5.04. The van der Waals surface area contributed by atoms with Gasteiger partial charge in [0.2, 0.25) is 0 Å². The first kappa shape index (κ1) is 15.5. The highest BCUT2D eigenvalue weighted by Crippen LogP contribution is 2.23. The van der Waals surface area contributed by atoms with Crippen molar-refractivity contribution >= 4 is 17.1 Å². The third-order valence-electron chi connectivity index (χ3n) is 3.36. The van der Waals surface area contributed by atoms with Gasteiger partial charge in [0.05, 0.1) is 5.71 Å². The molecular weight excluding hydrogens is 277 g/mol. The summed E-state index contributed by atoms with van der Waals surface area (Å²) in [5, 5.41) is 8.10. The maximum atomic E-state index is 12.9. The second kappa shape index (κ2) is 6.26. The lowest BCUT2D eigenvalue weighted by Gasteiger charge is -2.13. The third kappa shape index (κ3) is 3.23. The number of aryl methyl sites for hydroxylation is 1. The van der Waals surface area contributed by atoms with Gasteiger partial charge < -0.3 is 16.9 Å². The zero-order valence-electron chi connectivity index (χ0n) is 12.4. The molecule has 0 spiro atoms. The van der Waals surface area contributed by atoms with Gasteiger partial charge in [-0.3, -0.25) is 0 Å². The van der Waals surface area contributed by atoms with Crippen LogP contribution < -0.4 is 11.5 Å². The number of hydrogen-bond acceptors (Lipinski definition) is 3. The number of nitrogens with one attached hydrogen (secondary N) is 1. The van der Waals surface area contributed by atoms with Gasteiger partial charge in [0, 0.05) is 22.5 Å². The van der Waals surface area contributed by atoms with Gasteiger partial charge >= 0.3 is 0 Å². The van der Waals surface area contributed by atoms with Crippen molar-refractivity contribution in [3.63, 3.8) is 0 Å². The van der Waals surface area contributed by atoms with E-state index in [-0.39, 0.29) is 11.5 Å². The van der Waals surface area contributed by atoms with Crippen LogP contribution in [0.2, 0.25) is 0 Å². The Hall–Kier alpha value is -2.88. The lowest BCUT2D eigenvalue weighted by Crippen LogP contribution is -2.08. The molecule has 22 heavy (non-hydrogen) atoms. The Balaban J connectivity index is 2.43. The molecule has 4 heteroatoms. The molecule has 2 aromatic carbocycles. The Morgan fingerprint density at radius 3 is 2.36 bits per heavy atom. The highest BCUT2D eigenvalue weighted by Gasteiger charge is 2.10. The molecule has 2 aromatic rings. The number of nitrogens with two attached hydrogens (primary N) is 2. The highest BCUT2D eigenvalue weighted by molar-refractivity contribution is 6.10. The van der Waals surface area contributed by atoms with Crippen molar-refractivity contribution in [2.24, 2.45) is 11.5 Å². The van der Waals surface area contributed by atoms with E-state index >= 15 is 0 Å². The number of rotatable bonds is 4. The van der Waals surface area contributed by atoms with Gasteiger partial charge in [-0.2, -0.15) is 0 Å². The van der Waals surface area contributed by atoms with Crippen LogP contribution >= 0.6 is 0 Å². The van der Waals surface area contributed by atoms with Crippen LogP contribution in [-0.2, 0) is 0 Å². The average molecular weight is 295 g/mol. The van der Waals surface area contributed by atoms with E-state index in [4.69, 9.17) is 16.9 Å². The van der Waals surface area contributed by atoms with E-state index in [1.54, 1.807) is 18.2 Å². The van der Waals surface area contributed by atoms with Crippen LogP contribution in [0.1, 0.15) is 22.3 Å². The zero-order chi connectivity index (χ0) is 16.3. The lowest BCUT2D eigenvalue weighted by atomic mass is 9.96. The molecular formula is C18H18FN3. The summed E-state index contributed by atoms with van der Waals surface area (Å²) < 4.78 is 12.9. The van der Waals surface area contributed by atoms with Crippen LogP contribution in [0.15, 0.2) is 55.1 Å². The summed E-state index contributed by atoms with van der Waals surface area (Å²) in [7, 11) is 0. The first-order valence-corrected chi connectivity index (χ1v) is 6.76. The molecule has 3 nitrogen and oxygen atoms in total. The van der Waals surface area contributed by atoms with Gasteiger partial charge in [-0.1, -0.05) is 24.8 Å². The minimum atomic E-state index is -0.339. The predicted octanol–water partition coefficient (Wildman–Crippen LogP) is 3.43. The minimum Gasteiger partial charge on any atom is -0.399 e. The summed E-state index contributed by atoms with van der Waals surface area (Å²) in [5.41, 5.74) is 16.1. The first-order valence-electron chi connectivity index (χ1n) is 6.76. The van der Waals surface area contributed by atoms with Crippen molar-refractivity contribution in [3.8, 4) is 0 Å². The summed E-state index contributed by atoms with van der Waals surface area (Å²) in [5.74, 6) is -0.339. The van der Waals surface area contributed by atoms with E-state index in [9.17, 15) is 4.39 Å². The maximum Gasteiger partial charge on any atom is 0.123 e. The molecule has 0 saturated heterocycles. The Morgan fingerprint density at radius 1 is 1.14 bits per heavy atom. The van der Waals surface area contributed by atoms with Crippen LogP contribution in [0.4, 0.5) is 4.39 Å². The van der Waals surface area contributed by atoms with Gasteiger partial charge in [0.25, 0.3) is 0 Å². The fraction of sp³-hybridized carbons (Fsp3) is 0.0556. The molecule has 0 aromatic heterocycles. The lowest BCUT2D eigenvalue weighted by molar-refractivity contribution is 0.628. The molecule has 0 bridgehead atoms. The molecule has 2 rings (SSSR count). The van der Waals surface area contributed by atoms with Crippen molar-refractivity contribution in [1.82, 2.24) is 0 Å².